The third-order valence-electron chi connectivity index (χ3n) is 3.09. The van der Waals surface area contributed by atoms with Gasteiger partial charge in [-0.25, -0.2) is 0 Å². The van der Waals surface area contributed by atoms with E-state index in [4.69, 9.17) is 10.5 Å². The van der Waals surface area contributed by atoms with Crippen molar-refractivity contribution in [3.63, 3.8) is 0 Å². The summed E-state index contributed by atoms with van der Waals surface area (Å²) in [7, 11) is 0. The maximum absolute atomic E-state index is 11.5. The van der Waals surface area contributed by atoms with Gasteiger partial charge in [-0.1, -0.05) is 24.3 Å². The Morgan fingerprint density at radius 3 is 2.81 bits per heavy atom. The van der Waals surface area contributed by atoms with Crippen LogP contribution in [0, 0.1) is 0 Å². The van der Waals surface area contributed by atoms with Gasteiger partial charge < -0.3 is 10.5 Å². The van der Waals surface area contributed by atoms with Gasteiger partial charge in [0.25, 0.3) is 0 Å². The van der Waals surface area contributed by atoms with Gasteiger partial charge in [0, 0.05) is 6.04 Å². The summed E-state index contributed by atoms with van der Waals surface area (Å²) in [5.41, 5.74) is 8.42. The number of esters is 1. The fourth-order valence-corrected chi connectivity index (χ4v) is 2.40. The average molecular weight is 219 g/mol. The molecule has 0 spiro atoms. The number of hydrogen-bond donors (Lipinski definition) is 1. The molecule has 2 N–H and O–H groups in total. The third-order valence-corrected chi connectivity index (χ3v) is 3.09. The highest BCUT2D eigenvalue weighted by atomic mass is 16.5. The normalized spacial score (nSPS) is 22.9. The van der Waals surface area contributed by atoms with Crippen molar-refractivity contribution in [3.8, 4) is 0 Å². The Kier molecular flexibility index (Phi) is 3.25. The van der Waals surface area contributed by atoms with Crippen molar-refractivity contribution in [1.29, 1.82) is 0 Å². The van der Waals surface area contributed by atoms with Crippen LogP contribution in [0.5, 0.6) is 0 Å². The van der Waals surface area contributed by atoms with E-state index in [1.54, 1.807) is 0 Å². The summed E-state index contributed by atoms with van der Waals surface area (Å²) in [6.07, 6.45) is 1.29. The summed E-state index contributed by atoms with van der Waals surface area (Å²) in [6.45, 7) is 2.27. The molecule has 0 aliphatic heterocycles. The van der Waals surface area contributed by atoms with Crippen LogP contribution in [-0.4, -0.2) is 12.6 Å². The average Bonchev–Trinajstić information content (AvgIpc) is 2.57. The Bertz CT molecular complexity index is 389. The number of hydrogen-bond acceptors (Lipinski definition) is 3. The van der Waals surface area contributed by atoms with Crippen LogP contribution in [0.2, 0.25) is 0 Å². The van der Waals surface area contributed by atoms with E-state index in [9.17, 15) is 4.79 Å². The van der Waals surface area contributed by atoms with Gasteiger partial charge in [0.05, 0.1) is 13.0 Å². The van der Waals surface area contributed by atoms with E-state index in [-0.39, 0.29) is 17.9 Å². The molecule has 16 heavy (non-hydrogen) atoms. The Hall–Kier alpha value is -1.35. The molecule has 0 radical (unpaired) electrons. The number of nitrogens with two attached hydrogens (primary N) is 1. The second-order valence-electron chi connectivity index (χ2n) is 4.18. The molecule has 1 aromatic carbocycles. The van der Waals surface area contributed by atoms with E-state index in [1.807, 2.05) is 25.1 Å². The molecule has 1 aliphatic carbocycles. The lowest BCUT2D eigenvalue weighted by Crippen LogP contribution is -2.10. The lowest BCUT2D eigenvalue weighted by molar-refractivity contribution is -0.143. The highest BCUT2D eigenvalue weighted by molar-refractivity contribution is 5.71. The molecule has 86 valence electrons. The molecule has 0 amide bonds. The minimum atomic E-state index is -0.128. The van der Waals surface area contributed by atoms with E-state index >= 15 is 0 Å². The Morgan fingerprint density at radius 1 is 1.44 bits per heavy atom. The van der Waals surface area contributed by atoms with Crippen LogP contribution in [0.1, 0.15) is 42.9 Å². The summed E-state index contributed by atoms with van der Waals surface area (Å²) in [6, 6.07) is 8.16. The van der Waals surface area contributed by atoms with Crippen molar-refractivity contribution in [2.45, 2.75) is 31.7 Å². The zero-order valence-electron chi connectivity index (χ0n) is 9.48. The molecule has 0 bridgehead atoms. The summed E-state index contributed by atoms with van der Waals surface area (Å²) < 4.78 is 4.97. The number of rotatable bonds is 3. The van der Waals surface area contributed by atoms with Crippen LogP contribution in [0.15, 0.2) is 24.3 Å². The Balaban J connectivity index is 2.12. The molecular formula is C13H17NO2. The second kappa shape index (κ2) is 4.66. The largest absolute Gasteiger partial charge is 0.466 e. The molecule has 1 aliphatic rings. The minimum absolute atomic E-state index is 0.0654. The van der Waals surface area contributed by atoms with E-state index in [2.05, 4.69) is 6.07 Å². The van der Waals surface area contributed by atoms with Gasteiger partial charge in [-0.2, -0.15) is 0 Å². The van der Waals surface area contributed by atoms with Crippen LogP contribution in [0.3, 0.4) is 0 Å². The van der Waals surface area contributed by atoms with Gasteiger partial charge in [0.15, 0.2) is 0 Å². The van der Waals surface area contributed by atoms with Crippen molar-refractivity contribution in [2.24, 2.45) is 5.73 Å². The van der Waals surface area contributed by atoms with Crippen LogP contribution in [-0.2, 0) is 9.53 Å². The van der Waals surface area contributed by atoms with Crippen molar-refractivity contribution in [2.75, 3.05) is 6.61 Å². The molecule has 0 fully saturated rings. The monoisotopic (exact) mass is 219 g/mol. The number of ether oxygens (including phenoxy) is 1. The Morgan fingerprint density at radius 2 is 2.12 bits per heavy atom. The predicted octanol–water partition coefficient (Wildman–Crippen LogP) is 2.13. The van der Waals surface area contributed by atoms with Gasteiger partial charge in [0.2, 0.25) is 0 Å². The number of fused-ring (bicyclic) bond motifs is 1. The van der Waals surface area contributed by atoms with Gasteiger partial charge in [0.1, 0.15) is 0 Å². The topological polar surface area (TPSA) is 52.3 Å². The first-order chi connectivity index (χ1) is 7.72. The zero-order chi connectivity index (χ0) is 11.5. The summed E-state index contributed by atoms with van der Waals surface area (Å²) in [5, 5.41) is 0. The maximum Gasteiger partial charge on any atom is 0.306 e. The van der Waals surface area contributed by atoms with Crippen molar-refractivity contribution >= 4 is 5.97 Å². The van der Waals surface area contributed by atoms with Gasteiger partial charge >= 0.3 is 5.97 Å². The minimum Gasteiger partial charge on any atom is -0.466 e. The summed E-state index contributed by atoms with van der Waals surface area (Å²) in [5.74, 6) is 0.0988. The van der Waals surface area contributed by atoms with Crippen LogP contribution in [0.25, 0.3) is 0 Å². The van der Waals surface area contributed by atoms with Crippen LogP contribution < -0.4 is 5.73 Å². The second-order valence-corrected chi connectivity index (χ2v) is 4.18. The maximum atomic E-state index is 11.5. The molecule has 0 heterocycles. The number of benzene rings is 1. The molecule has 0 saturated heterocycles. The lowest BCUT2D eigenvalue weighted by Gasteiger charge is -2.10. The molecule has 0 unspecified atom stereocenters. The van der Waals surface area contributed by atoms with Crippen molar-refractivity contribution in [3.05, 3.63) is 35.4 Å². The van der Waals surface area contributed by atoms with Crippen molar-refractivity contribution < 1.29 is 9.53 Å². The summed E-state index contributed by atoms with van der Waals surface area (Å²) >= 11 is 0. The van der Waals surface area contributed by atoms with Gasteiger partial charge in [-0.05, 0) is 30.4 Å². The van der Waals surface area contributed by atoms with Crippen LogP contribution >= 0.6 is 0 Å². The summed E-state index contributed by atoms with van der Waals surface area (Å²) in [4.78, 5) is 11.5. The molecule has 3 nitrogen and oxygen atoms in total. The molecule has 0 aromatic heterocycles. The highest BCUT2D eigenvalue weighted by Gasteiger charge is 2.29. The van der Waals surface area contributed by atoms with E-state index < -0.39 is 0 Å². The standard InChI is InChI=1S/C13H17NO2/c1-2-16-13(15)8-9-7-12(14)11-6-4-3-5-10(9)11/h3-6,9,12H,2,7-8,14H2,1H3/t9-,12-/m1/s1. The highest BCUT2D eigenvalue weighted by Crippen LogP contribution is 2.40. The molecule has 2 atom stereocenters. The molecule has 1 aromatic rings. The van der Waals surface area contributed by atoms with Crippen LogP contribution in [0.4, 0.5) is 0 Å². The molecule has 0 saturated carbocycles. The quantitative estimate of drug-likeness (QED) is 0.792. The van der Waals surface area contributed by atoms with E-state index in [0.29, 0.717) is 13.0 Å². The smallest absolute Gasteiger partial charge is 0.306 e. The Labute approximate surface area is 95.6 Å². The van der Waals surface area contributed by atoms with E-state index in [0.717, 1.165) is 6.42 Å². The predicted molar refractivity (Wildman–Crippen MR) is 62.0 cm³/mol. The zero-order valence-corrected chi connectivity index (χ0v) is 9.48. The van der Waals surface area contributed by atoms with E-state index in [1.165, 1.54) is 11.1 Å². The first-order valence-electron chi connectivity index (χ1n) is 5.72. The van der Waals surface area contributed by atoms with Gasteiger partial charge in [-0.15, -0.1) is 0 Å². The molecular weight excluding hydrogens is 202 g/mol. The third kappa shape index (κ3) is 2.09. The van der Waals surface area contributed by atoms with Crippen molar-refractivity contribution in [1.82, 2.24) is 0 Å². The first kappa shape index (κ1) is 11.1. The number of carbonyl (C=O) groups excluding carboxylic acids is 1. The number of carbonyl (C=O) groups is 1. The molecule has 2 rings (SSSR count). The SMILES string of the molecule is CCOC(=O)C[C@H]1C[C@@H](N)c2ccccc21. The fraction of sp³-hybridized carbons (Fsp3) is 0.462. The first-order valence-corrected chi connectivity index (χ1v) is 5.72. The lowest BCUT2D eigenvalue weighted by atomic mass is 9.98. The van der Waals surface area contributed by atoms with Gasteiger partial charge in [-0.3, -0.25) is 4.79 Å². The fourth-order valence-electron chi connectivity index (χ4n) is 2.40. The molecule has 3 heteroatoms.